The average Bonchev–Trinajstić information content (AvgIpc) is 2.48. The number of nitrogens with zero attached hydrogens (tertiary/aromatic N) is 3. The van der Waals surface area contributed by atoms with E-state index in [1.807, 2.05) is 6.07 Å². The van der Waals surface area contributed by atoms with E-state index >= 15 is 0 Å². The summed E-state index contributed by atoms with van der Waals surface area (Å²) in [4.78, 5) is 0. The first-order chi connectivity index (χ1) is 5.36. The monoisotopic (exact) mass is 167 g/mol. The van der Waals surface area contributed by atoms with E-state index in [2.05, 4.69) is 17.7 Å². The number of thiol groups is 1. The van der Waals surface area contributed by atoms with Gasteiger partial charge in [-0.1, -0.05) is 0 Å². The maximum Gasteiger partial charge on any atom is 0.102 e. The molecule has 0 atom stereocenters. The molecular weight excluding hydrogens is 158 g/mol. The quantitative estimate of drug-likeness (QED) is 0.684. The molecule has 0 aliphatic heterocycles. The Labute approximate surface area is 71.0 Å². The van der Waals surface area contributed by atoms with E-state index in [-0.39, 0.29) is 0 Å². The van der Waals surface area contributed by atoms with E-state index < -0.39 is 0 Å². The standard InChI is InChI=1S/C7H9N3S/c8-4-7-5-9-10(6-7)2-1-3-11/h5-6,11H,1-3H2. The largest absolute Gasteiger partial charge is 0.271 e. The van der Waals surface area contributed by atoms with Crippen molar-refractivity contribution in [2.75, 3.05) is 5.75 Å². The average molecular weight is 167 g/mol. The molecule has 58 valence electrons. The van der Waals surface area contributed by atoms with Crippen molar-refractivity contribution in [2.24, 2.45) is 0 Å². The molecule has 0 bridgehead atoms. The maximum absolute atomic E-state index is 8.46. The molecule has 0 saturated carbocycles. The first-order valence-corrected chi connectivity index (χ1v) is 4.03. The van der Waals surface area contributed by atoms with Crippen molar-refractivity contribution in [1.82, 2.24) is 9.78 Å². The lowest BCUT2D eigenvalue weighted by molar-refractivity contribution is 0.606. The highest BCUT2D eigenvalue weighted by Gasteiger charge is 1.94. The minimum Gasteiger partial charge on any atom is -0.271 e. The predicted octanol–water partition coefficient (Wildman–Crippen LogP) is 1.07. The van der Waals surface area contributed by atoms with Gasteiger partial charge in [-0.15, -0.1) is 0 Å². The van der Waals surface area contributed by atoms with Crippen LogP contribution in [0.1, 0.15) is 12.0 Å². The number of rotatable bonds is 3. The van der Waals surface area contributed by atoms with Crippen molar-refractivity contribution in [2.45, 2.75) is 13.0 Å². The molecule has 0 saturated heterocycles. The van der Waals surface area contributed by atoms with Gasteiger partial charge in [0.2, 0.25) is 0 Å². The Balaban J connectivity index is 2.53. The van der Waals surface area contributed by atoms with Crippen molar-refractivity contribution in [3.63, 3.8) is 0 Å². The van der Waals surface area contributed by atoms with Gasteiger partial charge in [0.1, 0.15) is 6.07 Å². The van der Waals surface area contributed by atoms with Crippen molar-refractivity contribution in [3.05, 3.63) is 18.0 Å². The third-order valence-electron chi connectivity index (χ3n) is 1.31. The molecule has 0 N–H and O–H groups in total. The van der Waals surface area contributed by atoms with Gasteiger partial charge in [0.25, 0.3) is 0 Å². The second-order valence-electron chi connectivity index (χ2n) is 2.18. The Bertz CT molecular complexity index is 261. The summed E-state index contributed by atoms with van der Waals surface area (Å²) in [7, 11) is 0. The van der Waals surface area contributed by atoms with Crippen LogP contribution in [0.2, 0.25) is 0 Å². The summed E-state index contributed by atoms with van der Waals surface area (Å²) in [6.07, 6.45) is 4.29. The molecule has 3 nitrogen and oxygen atoms in total. The molecule has 0 fully saturated rings. The molecule has 11 heavy (non-hydrogen) atoms. The first kappa shape index (κ1) is 8.15. The molecular formula is C7H9N3S. The third-order valence-corrected chi connectivity index (χ3v) is 1.62. The van der Waals surface area contributed by atoms with Gasteiger partial charge in [0, 0.05) is 12.7 Å². The Hall–Kier alpha value is -0.950. The first-order valence-electron chi connectivity index (χ1n) is 3.40. The topological polar surface area (TPSA) is 41.6 Å². The van der Waals surface area contributed by atoms with E-state index in [0.29, 0.717) is 5.56 Å². The molecule has 0 amide bonds. The summed E-state index contributed by atoms with van der Waals surface area (Å²) in [6, 6.07) is 2.02. The van der Waals surface area contributed by atoms with Crippen molar-refractivity contribution < 1.29 is 0 Å². The van der Waals surface area contributed by atoms with Crippen molar-refractivity contribution >= 4 is 12.6 Å². The Morgan fingerprint density at radius 1 is 1.73 bits per heavy atom. The number of hydrogen-bond donors (Lipinski definition) is 1. The van der Waals surface area contributed by atoms with E-state index in [1.54, 1.807) is 17.1 Å². The molecule has 1 rings (SSSR count). The van der Waals surface area contributed by atoms with Crippen LogP contribution in [0.25, 0.3) is 0 Å². The maximum atomic E-state index is 8.46. The minimum absolute atomic E-state index is 0.615. The van der Waals surface area contributed by atoms with E-state index in [0.717, 1.165) is 18.7 Å². The lowest BCUT2D eigenvalue weighted by Crippen LogP contribution is -1.98. The predicted molar refractivity (Wildman–Crippen MR) is 45.4 cm³/mol. The normalized spacial score (nSPS) is 9.45. The number of aryl methyl sites for hydroxylation is 1. The zero-order valence-corrected chi connectivity index (χ0v) is 6.96. The van der Waals surface area contributed by atoms with Crippen LogP contribution in [0.4, 0.5) is 0 Å². The molecule has 1 aromatic heterocycles. The molecule has 0 radical (unpaired) electrons. The van der Waals surface area contributed by atoms with E-state index in [9.17, 15) is 0 Å². The fraction of sp³-hybridized carbons (Fsp3) is 0.429. The number of nitriles is 1. The summed E-state index contributed by atoms with van der Waals surface area (Å²) < 4.78 is 1.76. The van der Waals surface area contributed by atoms with Crippen LogP contribution < -0.4 is 0 Å². The zero-order chi connectivity index (χ0) is 8.10. The second kappa shape index (κ2) is 4.04. The Kier molecular flexibility index (Phi) is 2.99. The van der Waals surface area contributed by atoms with Gasteiger partial charge in [0.15, 0.2) is 0 Å². The van der Waals surface area contributed by atoms with Crippen LogP contribution in [0.5, 0.6) is 0 Å². The van der Waals surface area contributed by atoms with Crippen LogP contribution in [0, 0.1) is 11.3 Å². The molecule has 0 aromatic carbocycles. The van der Waals surface area contributed by atoms with Crippen LogP contribution in [0.3, 0.4) is 0 Å². The minimum atomic E-state index is 0.615. The SMILES string of the molecule is N#Cc1cnn(CCCS)c1. The zero-order valence-electron chi connectivity index (χ0n) is 6.06. The number of hydrogen-bond acceptors (Lipinski definition) is 3. The van der Waals surface area contributed by atoms with Crippen molar-refractivity contribution in [3.8, 4) is 6.07 Å². The van der Waals surface area contributed by atoms with Gasteiger partial charge in [-0.3, -0.25) is 4.68 Å². The van der Waals surface area contributed by atoms with Gasteiger partial charge in [-0.25, -0.2) is 0 Å². The second-order valence-corrected chi connectivity index (χ2v) is 2.63. The van der Waals surface area contributed by atoms with E-state index in [1.165, 1.54) is 0 Å². The van der Waals surface area contributed by atoms with Crippen LogP contribution in [-0.4, -0.2) is 15.5 Å². The summed E-state index contributed by atoms with van der Waals surface area (Å²) in [5, 5.41) is 12.4. The highest BCUT2D eigenvalue weighted by atomic mass is 32.1. The van der Waals surface area contributed by atoms with Gasteiger partial charge in [-0.2, -0.15) is 23.0 Å². The highest BCUT2D eigenvalue weighted by Crippen LogP contribution is 1.96. The highest BCUT2D eigenvalue weighted by molar-refractivity contribution is 7.80. The van der Waals surface area contributed by atoms with Gasteiger partial charge in [0.05, 0.1) is 11.8 Å². The Morgan fingerprint density at radius 2 is 2.55 bits per heavy atom. The summed E-state index contributed by atoms with van der Waals surface area (Å²) in [6.45, 7) is 0.838. The van der Waals surface area contributed by atoms with Crippen LogP contribution >= 0.6 is 12.6 Å². The van der Waals surface area contributed by atoms with Gasteiger partial charge in [-0.05, 0) is 12.2 Å². The van der Waals surface area contributed by atoms with Crippen molar-refractivity contribution in [1.29, 1.82) is 5.26 Å². The summed E-state index contributed by atoms with van der Waals surface area (Å²) >= 11 is 4.07. The fourth-order valence-corrected chi connectivity index (χ4v) is 0.918. The summed E-state index contributed by atoms with van der Waals surface area (Å²) in [5.74, 6) is 0.849. The third kappa shape index (κ3) is 2.28. The molecule has 0 aliphatic carbocycles. The lowest BCUT2D eigenvalue weighted by atomic mass is 10.4. The molecule has 1 heterocycles. The van der Waals surface area contributed by atoms with Gasteiger partial charge >= 0.3 is 0 Å². The number of aromatic nitrogens is 2. The van der Waals surface area contributed by atoms with Gasteiger partial charge < -0.3 is 0 Å². The lowest BCUT2D eigenvalue weighted by Gasteiger charge is -1.95. The smallest absolute Gasteiger partial charge is 0.102 e. The molecule has 4 heteroatoms. The molecule has 0 unspecified atom stereocenters. The molecule has 0 spiro atoms. The fourth-order valence-electron chi connectivity index (χ4n) is 0.776. The van der Waals surface area contributed by atoms with Crippen LogP contribution in [-0.2, 0) is 6.54 Å². The van der Waals surface area contributed by atoms with Crippen LogP contribution in [0.15, 0.2) is 12.4 Å². The Morgan fingerprint density at radius 3 is 3.09 bits per heavy atom. The summed E-state index contributed by atoms with van der Waals surface area (Å²) in [5.41, 5.74) is 0.615. The molecule has 0 aliphatic rings. The molecule has 1 aromatic rings. The van der Waals surface area contributed by atoms with E-state index in [4.69, 9.17) is 5.26 Å².